The second-order valence-electron chi connectivity index (χ2n) is 7.72. The third-order valence-corrected chi connectivity index (χ3v) is 4.68. The Balaban J connectivity index is 0.000000362. The Hall–Kier alpha value is -3.10. The van der Waals surface area contributed by atoms with Gasteiger partial charge in [-0.25, -0.2) is 9.59 Å². The van der Waals surface area contributed by atoms with Gasteiger partial charge in [0.1, 0.15) is 0 Å². The van der Waals surface area contributed by atoms with E-state index in [0.29, 0.717) is 0 Å². The number of carboxylic acids is 2. The number of nitrogens with one attached hydrogen (secondary N) is 1. The minimum absolute atomic E-state index is 0.819. The van der Waals surface area contributed by atoms with E-state index >= 15 is 0 Å². The van der Waals surface area contributed by atoms with Crippen LogP contribution < -0.4 is 0 Å². The van der Waals surface area contributed by atoms with E-state index in [0.717, 1.165) is 37.4 Å². The maximum absolute atomic E-state index is 10.6. The number of aromatic nitrogens is 3. The van der Waals surface area contributed by atoms with Crippen LogP contribution in [0.2, 0.25) is 0 Å². The van der Waals surface area contributed by atoms with E-state index in [9.17, 15) is 26.3 Å². The molecule has 0 saturated heterocycles. The number of aromatic amines is 1. The van der Waals surface area contributed by atoms with E-state index in [1.54, 1.807) is 0 Å². The first-order chi connectivity index (χ1) is 16.1. The topological polar surface area (TPSA) is 133 Å². The minimum Gasteiger partial charge on any atom is -0.475 e. The molecule has 0 spiro atoms. The first-order valence-corrected chi connectivity index (χ1v) is 10.4. The molecular formula is C20H26F6N4O5. The van der Waals surface area contributed by atoms with Crippen molar-refractivity contribution in [2.45, 2.75) is 64.3 Å². The van der Waals surface area contributed by atoms with Crippen molar-refractivity contribution in [2.24, 2.45) is 0 Å². The van der Waals surface area contributed by atoms with E-state index in [2.05, 4.69) is 27.3 Å². The molecule has 1 aliphatic carbocycles. The zero-order valence-corrected chi connectivity index (χ0v) is 19.0. The van der Waals surface area contributed by atoms with Crippen molar-refractivity contribution in [3.8, 4) is 0 Å². The molecule has 9 nitrogen and oxygen atoms in total. The fourth-order valence-corrected chi connectivity index (χ4v) is 3.11. The molecule has 0 aromatic carbocycles. The summed E-state index contributed by atoms with van der Waals surface area (Å²) in [5.74, 6) is -4.58. The van der Waals surface area contributed by atoms with Crippen molar-refractivity contribution in [3.63, 3.8) is 0 Å². The summed E-state index contributed by atoms with van der Waals surface area (Å²) in [5, 5.41) is 25.9. The van der Waals surface area contributed by atoms with Crippen molar-refractivity contribution >= 4 is 11.9 Å². The molecule has 0 bridgehead atoms. The number of rotatable bonds is 6. The average molecular weight is 516 g/mol. The van der Waals surface area contributed by atoms with E-state index in [1.165, 1.54) is 42.6 Å². The number of carbonyl (C=O) groups is 2. The van der Waals surface area contributed by atoms with Crippen LogP contribution in [-0.4, -0.2) is 68.4 Å². The number of alkyl halides is 6. The molecule has 0 atom stereocenters. The fraction of sp³-hybridized carbons (Fsp3) is 0.600. The zero-order valence-electron chi connectivity index (χ0n) is 19.0. The number of H-pyrrole nitrogens is 1. The first-order valence-electron chi connectivity index (χ1n) is 10.4. The highest BCUT2D eigenvalue weighted by molar-refractivity contribution is 5.73. The van der Waals surface area contributed by atoms with Crippen LogP contribution in [0.1, 0.15) is 47.7 Å². The number of hydrogen-bond acceptors (Lipinski definition) is 6. The van der Waals surface area contributed by atoms with Gasteiger partial charge < -0.3 is 14.7 Å². The fourth-order valence-electron chi connectivity index (χ4n) is 3.11. The number of carboxylic acid groups (broad SMARTS) is 2. The summed E-state index contributed by atoms with van der Waals surface area (Å²) in [4.78, 5) is 20.1. The maximum Gasteiger partial charge on any atom is 0.490 e. The molecule has 3 N–H and O–H groups in total. The molecule has 35 heavy (non-hydrogen) atoms. The lowest BCUT2D eigenvalue weighted by Crippen LogP contribution is -2.21. The SMILES string of the molecule is Cc1cc(CN(C)CCCc2n[nH]c3c2CCCC3)on1.O=C(O)C(F)(F)F.O=C(O)C(F)(F)F. The van der Waals surface area contributed by atoms with Gasteiger partial charge in [-0.2, -0.15) is 31.4 Å². The summed E-state index contributed by atoms with van der Waals surface area (Å²) >= 11 is 0. The third-order valence-electron chi connectivity index (χ3n) is 4.68. The van der Waals surface area contributed by atoms with Gasteiger partial charge in [-0.05, 0) is 64.6 Å². The van der Waals surface area contributed by atoms with E-state index in [-0.39, 0.29) is 0 Å². The van der Waals surface area contributed by atoms with Gasteiger partial charge in [0.2, 0.25) is 0 Å². The summed E-state index contributed by atoms with van der Waals surface area (Å²) in [6.07, 6.45) is -2.99. The predicted octanol–water partition coefficient (Wildman–Crippen LogP) is 3.92. The van der Waals surface area contributed by atoms with Gasteiger partial charge in [-0.3, -0.25) is 10.00 Å². The van der Waals surface area contributed by atoms with Crippen LogP contribution in [0, 0.1) is 6.92 Å². The molecule has 3 rings (SSSR count). The number of hydrogen-bond donors (Lipinski definition) is 3. The zero-order chi connectivity index (χ0) is 26.8. The largest absolute Gasteiger partial charge is 0.490 e. The first kappa shape index (κ1) is 29.9. The Morgan fingerprint density at radius 2 is 1.63 bits per heavy atom. The van der Waals surface area contributed by atoms with Gasteiger partial charge >= 0.3 is 24.3 Å². The van der Waals surface area contributed by atoms with Crippen molar-refractivity contribution in [2.75, 3.05) is 13.6 Å². The van der Waals surface area contributed by atoms with E-state index in [1.807, 2.05) is 13.0 Å². The third kappa shape index (κ3) is 11.2. The summed E-state index contributed by atoms with van der Waals surface area (Å²) in [6, 6.07) is 2.00. The van der Waals surface area contributed by atoms with Gasteiger partial charge in [-0.1, -0.05) is 5.16 Å². The van der Waals surface area contributed by atoms with Crippen molar-refractivity contribution < 1.29 is 50.7 Å². The highest BCUT2D eigenvalue weighted by Crippen LogP contribution is 2.23. The van der Waals surface area contributed by atoms with Crippen molar-refractivity contribution in [3.05, 3.63) is 34.5 Å². The number of nitrogens with zero attached hydrogens (tertiary/aromatic N) is 3. The summed E-state index contributed by atoms with van der Waals surface area (Å²) in [7, 11) is 2.12. The lowest BCUT2D eigenvalue weighted by atomic mass is 9.95. The van der Waals surface area contributed by atoms with Gasteiger partial charge in [0.25, 0.3) is 0 Å². The Bertz CT molecular complexity index is 931. The molecule has 1 aliphatic rings. The standard InChI is InChI=1S/C16H24N4O.2C2HF3O2/c1-12-10-13(21-19-12)11-20(2)9-5-8-16-14-6-3-4-7-15(14)17-18-16;2*3-2(4,5)1(6)7/h10H,3-9,11H2,1-2H3,(H,17,18);2*(H,6,7). The molecule has 0 saturated carbocycles. The summed E-state index contributed by atoms with van der Waals surface area (Å²) in [6.45, 7) is 3.81. The Morgan fingerprint density at radius 1 is 1.09 bits per heavy atom. The van der Waals surface area contributed by atoms with Crippen LogP contribution in [-0.2, 0) is 35.4 Å². The lowest BCUT2D eigenvalue weighted by molar-refractivity contribution is -0.193. The summed E-state index contributed by atoms with van der Waals surface area (Å²) in [5.41, 5.74) is 5.10. The number of aliphatic carboxylic acids is 2. The van der Waals surface area contributed by atoms with Crippen LogP contribution in [0.15, 0.2) is 10.6 Å². The van der Waals surface area contributed by atoms with Crippen LogP contribution in [0.5, 0.6) is 0 Å². The molecule has 198 valence electrons. The van der Waals surface area contributed by atoms with Gasteiger partial charge in [0.05, 0.1) is 17.9 Å². The molecule has 0 unspecified atom stereocenters. The number of fused-ring (bicyclic) bond motifs is 1. The highest BCUT2D eigenvalue weighted by atomic mass is 19.4. The molecule has 0 amide bonds. The molecule has 2 heterocycles. The maximum atomic E-state index is 10.6. The quantitative estimate of drug-likeness (QED) is 0.493. The van der Waals surface area contributed by atoms with Crippen LogP contribution >= 0.6 is 0 Å². The second kappa shape index (κ2) is 13.1. The average Bonchev–Trinajstić information content (AvgIpc) is 3.33. The van der Waals surface area contributed by atoms with E-state index in [4.69, 9.17) is 24.3 Å². The van der Waals surface area contributed by atoms with Gasteiger partial charge in [0, 0.05) is 11.8 Å². The van der Waals surface area contributed by atoms with Gasteiger partial charge in [-0.15, -0.1) is 0 Å². The van der Waals surface area contributed by atoms with Crippen molar-refractivity contribution in [1.82, 2.24) is 20.3 Å². The van der Waals surface area contributed by atoms with E-state index < -0.39 is 24.3 Å². The molecule has 15 heteroatoms. The number of aryl methyl sites for hydroxylation is 3. The molecule has 0 fully saturated rings. The van der Waals surface area contributed by atoms with Crippen LogP contribution in [0.4, 0.5) is 26.3 Å². The highest BCUT2D eigenvalue weighted by Gasteiger charge is 2.38. The smallest absolute Gasteiger partial charge is 0.475 e. The molecule has 2 aromatic rings. The molecule has 0 aliphatic heterocycles. The monoisotopic (exact) mass is 516 g/mol. The molecule has 2 aromatic heterocycles. The summed E-state index contributed by atoms with van der Waals surface area (Å²) < 4.78 is 68.7. The normalized spacial score (nSPS) is 13.3. The number of halogens is 6. The van der Waals surface area contributed by atoms with Gasteiger partial charge in [0.15, 0.2) is 5.76 Å². The van der Waals surface area contributed by atoms with Crippen molar-refractivity contribution in [1.29, 1.82) is 0 Å². The Labute approximate surface area is 196 Å². The predicted molar refractivity (Wildman–Crippen MR) is 109 cm³/mol. The minimum atomic E-state index is -5.08. The van der Waals surface area contributed by atoms with Crippen LogP contribution in [0.3, 0.4) is 0 Å². The Morgan fingerprint density at radius 3 is 2.11 bits per heavy atom. The molecular weight excluding hydrogens is 490 g/mol. The Kier molecular flexibility index (Phi) is 11.2. The van der Waals surface area contributed by atoms with Crippen LogP contribution in [0.25, 0.3) is 0 Å². The second-order valence-corrected chi connectivity index (χ2v) is 7.72. The lowest BCUT2D eigenvalue weighted by Gasteiger charge is -2.15. The molecule has 0 radical (unpaired) electrons.